The number of carbonyl (C=O) groups excluding carboxylic acids is 1. The van der Waals surface area contributed by atoms with Gasteiger partial charge >= 0.3 is 5.97 Å². The van der Waals surface area contributed by atoms with Gasteiger partial charge < -0.3 is 10.1 Å². The number of ether oxygens (including phenoxy) is 1. The van der Waals surface area contributed by atoms with Crippen molar-refractivity contribution in [3.63, 3.8) is 0 Å². The standard InChI is InChI=1S/C14H15BrN2O2/c1-16-12(8-13(18)19-2)10-5-6-11(15)9-4-3-7-17-14(9)10/h3-7,12,16H,8H2,1-2H3. The Morgan fingerprint density at radius 3 is 2.95 bits per heavy atom. The van der Waals surface area contributed by atoms with Crippen LogP contribution in [0.5, 0.6) is 0 Å². The van der Waals surface area contributed by atoms with E-state index in [1.54, 1.807) is 6.20 Å². The number of methoxy groups -OCH3 is 1. The minimum Gasteiger partial charge on any atom is -0.469 e. The van der Waals surface area contributed by atoms with Crippen LogP contribution in [-0.2, 0) is 9.53 Å². The first kappa shape index (κ1) is 14.0. The smallest absolute Gasteiger partial charge is 0.307 e. The molecule has 2 rings (SSSR count). The third kappa shape index (κ3) is 2.93. The van der Waals surface area contributed by atoms with E-state index in [2.05, 4.69) is 26.2 Å². The Morgan fingerprint density at radius 1 is 1.47 bits per heavy atom. The molecule has 0 amide bonds. The minimum atomic E-state index is -0.244. The number of halogens is 1. The molecule has 0 bridgehead atoms. The van der Waals surface area contributed by atoms with Gasteiger partial charge in [0.2, 0.25) is 0 Å². The van der Waals surface area contributed by atoms with Crippen LogP contribution in [0.4, 0.5) is 0 Å². The number of fused-ring (bicyclic) bond motifs is 1. The zero-order valence-electron chi connectivity index (χ0n) is 10.8. The lowest BCUT2D eigenvalue weighted by Gasteiger charge is -2.17. The van der Waals surface area contributed by atoms with Crippen molar-refractivity contribution in [1.29, 1.82) is 0 Å². The van der Waals surface area contributed by atoms with Crippen molar-refractivity contribution >= 4 is 32.8 Å². The van der Waals surface area contributed by atoms with Crippen molar-refractivity contribution in [1.82, 2.24) is 10.3 Å². The average molecular weight is 323 g/mol. The van der Waals surface area contributed by atoms with E-state index in [0.717, 1.165) is 20.9 Å². The highest BCUT2D eigenvalue weighted by molar-refractivity contribution is 9.10. The maximum atomic E-state index is 11.5. The summed E-state index contributed by atoms with van der Waals surface area (Å²) in [7, 11) is 3.22. The number of nitrogens with one attached hydrogen (secondary N) is 1. The van der Waals surface area contributed by atoms with Gasteiger partial charge in [-0.1, -0.05) is 28.1 Å². The van der Waals surface area contributed by atoms with E-state index in [0.29, 0.717) is 0 Å². The zero-order valence-corrected chi connectivity index (χ0v) is 12.4. The van der Waals surface area contributed by atoms with E-state index < -0.39 is 0 Å². The largest absolute Gasteiger partial charge is 0.469 e. The van der Waals surface area contributed by atoms with E-state index in [4.69, 9.17) is 4.74 Å². The molecule has 1 unspecified atom stereocenters. The Bertz CT molecular complexity index is 601. The van der Waals surface area contributed by atoms with Crippen molar-refractivity contribution in [2.24, 2.45) is 0 Å². The van der Waals surface area contributed by atoms with Gasteiger partial charge in [-0.2, -0.15) is 0 Å². The zero-order chi connectivity index (χ0) is 13.8. The van der Waals surface area contributed by atoms with Gasteiger partial charge in [0.15, 0.2) is 0 Å². The van der Waals surface area contributed by atoms with Crippen molar-refractivity contribution in [3.05, 3.63) is 40.5 Å². The van der Waals surface area contributed by atoms with Gasteiger partial charge in [-0.15, -0.1) is 0 Å². The van der Waals surface area contributed by atoms with Gasteiger partial charge in [0.25, 0.3) is 0 Å². The Morgan fingerprint density at radius 2 is 2.26 bits per heavy atom. The molecule has 0 saturated heterocycles. The molecule has 4 nitrogen and oxygen atoms in total. The van der Waals surface area contributed by atoms with Crippen molar-refractivity contribution in [3.8, 4) is 0 Å². The number of hydrogen-bond acceptors (Lipinski definition) is 4. The molecule has 0 fully saturated rings. The number of rotatable bonds is 4. The van der Waals surface area contributed by atoms with E-state index in [9.17, 15) is 4.79 Å². The molecule has 1 aromatic carbocycles. The Kier molecular flexibility index (Phi) is 4.50. The molecular formula is C14H15BrN2O2. The molecule has 1 N–H and O–H groups in total. The summed E-state index contributed by atoms with van der Waals surface area (Å²) in [5, 5.41) is 4.17. The van der Waals surface area contributed by atoms with Gasteiger partial charge in [0.1, 0.15) is 0 Å². The summed E-state index contributed by atoms with van der Waals surface area (Å²) in [6.45, 7) is 0. The molecule has 0 saturated carbocycles. The Labute approximate surface area is 120 Å². The maximum absolute atomic E-state index is 11.5. The molecule has 100 valence electrons. The highest BCUT2D eigenvalue weighted by Gasteiger charge is 2.18. The summed E-state index contributed by atoms with van der Waals surface area (Å²) in [5.41, 5.74) is 1.88. The van der Waals surface area contributed by atoms with Crippen LogP contribution in [0.2, 0.25) is 0 Å². The fraction of sp³-hybridized carbons (Fsp3) is 0.286. The SMILES string of the molecule is CNC(CC(=O)OC)c1ccc(Br)c2cccnc12. The summed E-state index contributed by atoms with van der Waals surface area (Å²) in [4.78, 5) is 15.9. The number of aromatic nitrogens is 1. The molecule has 0 radical (unpaired) electrons. The summed E-state index contributed by atoms with van der Waals surface area (Å²) in [6, 6.07) is 7.73. The van der Waals surface area contributed by atoms with Gasteiger partial charge in [0.05, 0.1) is 19.0 Å². The van der Waals surface area contributed by atoms with Gasteiger partial charge in [-0.05, 0) is 24.7 Å². The third-order valence-corrected chi connectivity index (χ3v) is 3.76. The monoisotopic (exact) mass is 322 g/mol. The van der Waals surface area contributed by atoms with Crippen LogP contribution in [0, 0.1) is 0 Å². The summed E-state index contributed by atoms with van der Waals surface area (Å²) in [6.07, 6.45) is 2.03. The van der Waals surface area contributed by atoms with Crippen molar-refractivity contribution in [2.75, 3.05) is 14.2 Å². The quantitative estimate of drug-likeness (QED) is 0.879. The average Bonchev–Trinajstić information content (AvgIpc) is 2.45. The summed E-state index contributed by atoms with van der Waals surface area (Å²) >= 11 is 3.51. The van der Waals surface area contributed by atoms with Gasteiger partial charge in [-0.3, -0.25) is 9.78 Å². The number of carbonyl (C=O) groups is 1. The van der Waals surface area contributed by atoms with Crippen LogP contribution in [0.1, 0.15) is 18.0 Å². The number of pyridine rings is 1. The van der Waals surface area contributed by atoms with Crippen LogP contribution < -0.4 is 5.32 Å². The molecular weight excluding hydrogens is 308 g/mol. The van der Waals surface area contributed by atoms with Crippen molar-refractivity contribution < 1.29 is 9.53 Å². The predicted molar refractivity (Wildman–Crippen MR) is 77.9 cm³/mol. The van der Waals surface area contributed by atoms with Crippen molar-refractivity contribution in [2.45, 2.75) is 12.5 Å². The molecule has 0 spiro atoms. The van der Waals surface area contributed by atoms with E-state index >= 15 is 0 Å². The van der Waals surface area contributed by atoms with Crippen LogP contribution in [0.15, 0.2) is 34.9 Å². The third-order valence-electron chi connectivity index (χ3n) is 3.07. The lowest BCUT2D eigenvalue weighted by atomic mass is 10.0. The topological polar surface area (TPSA) is 51.2 Å². The molecule has 19 heavy (non-hydrogen) atoms. The maximum Gasteiger partial charge on any atom is 0.307 e. The fourth-order valence-corrected chi connectivity index (χ4v) is 2.51. The number of nitrogens with zero attached hydrogens (tertiary/aromatic N) is 1. The Balaban J connectivity index is 2.49. The second kappa shape index (κ2) is 6.12. The first-order valence-corrected chi connectivity index (χ1v) is 6.74. The minimum absolute atomic E-state index is 0.113. The van der Waals surface area contributed by atoms with Gasteiger partial charge in [0, 0.05) is 22.1 Å². The summed E-state index contributed by atoms with van der Waals surface area (Å²) in [5.74, 6) is -0.244. The lowest BCUT2D eigenvalue weighted by Crippen LogP contribution is -2.21. The van der Waals surface area contributed by atoms with Crippen LogP contribution >= 0.6 is 15.9 Å². The molecule has 1 aromatic heterocycles. The molecule has 1 atom stereocenters. The number of esters is 1. The highest BCUT2D eigenvalue weighted by Crippen LogP contribution is 2.29. The molecule has 1 heterocycles. The normalized spacial score (nSPS) is 12.4. The fourth-order valence-electron chi connectivity index (χ4n) is 2.06. The van der Waals surface area contributed by atoms with Crippen LogP contribution in [-0.4, -0.2) is 25.1 Å². The number of hydrogen-bond donors (Lipinski definition) is 1. The lowest BCUT2D eigenvalue weighted by molar-refractivity contribution is -0.141. The second-order valence-electron chi connectivity index (χ2n) is 4.16. The van der Waals surface area contributed by atoms with Crippen LogP contribution in [0.25, 0.3) is 10.9 Å². The predicted octanol–water partition coefficient (Wildman–Crippen LogP) is 2.82. The summed E-state index contributed by atoms with van der Waals surface area (Å²) < 4.78 is 5.72. The Hall–Kier alpha value is -1.46. The molecule has 0 aliphatic heterocycles. The second-order valence-corrected chi connectivity index (χ2v) is 5.01. The first-order valence-electron chi connectivity index (χ1n) is 5.94. The molecule has 0 aliphatic carbocycles. The van der Waals surface area contributed by atoms with E-state index in [-0.39, 0.29) is 18.4 Å². The highest BCUT2D eigenvalue weighted by atomic mass is 79.9. The van der Waals surface area contributed by atoms with Crippen LogP contribution in [0.3, 0.4) is 0 Å². The molecule has 5 heteroatoms. The molecule has 0 aliphatic rings. The van der Waals surface area contributed by atoms with E-state index in [1.165, 1.54) is 7.11 Å². The number of benzene rings is 1. The molecule has 2 aromatic rings. The van der Waals surface area contributed by atoms with Gasteiger partial charge in [-0.25, -0.2) is 0 Å². The first-order chi connectivity index (χ1) is 9.17. The van der Waals surface area contributed by atoms with E-state index in [1.807, 2.05) is 31.3 Å².